The summed E-state index contributed by atoms with van der Waals surface area (Å²) in [6.07, 6.45) is 4.29. The van der Waals surface area contributed by atoms with Crippen molar-refractivity contribution in [2.75, 3.05) is 38.1 Å². The highest BCUT2D eigenvalue weighted by Crippen LogP contribution is 2.32. The zero-order valence-electron chi connectivity index (χ0n) is 20.6. The molecule has 1 aromatic carbocycles. The molecule has 2 aromatic heterocycles. The lowest BCUT2D eigenvalue weighted by atomic mass is 9.97. The minimum absolute atomic E-state index is 0.266. The Kier molecular flexibility index (Phi) is 6.47. The number of fused-ring (bicyclic) bond motifs is 1. The smallest absolute Gasteiger partial charge is 0.407 e. The van der Waals surface area contributed by atoms with Gasteiger partial charge in [0.2, 0.25) is 0 Å². The summed E-state index contributed by atoms with van der Waals surface area (Å²) in [5.41, 5.74) is 3.21. The number of carbonyl (C=O) groups is 2. The van der Waals surface area contributed by atoms with Gasteiger partial charge in [-0.3, -0.25) is 9.78 Å². The Morgan fingerprint density at radius 1 is 1.14 bits per heavy atom. The summed E-state index contributed by atoms with van der Waals surface area (Å²) in [4.78, 5) is 40.2. The van der Waals surface area contributed by atoms with Gasteiger partial charge < -0.3 is 19.8 Å². The predicted molar refractivity (Wildman–Crippen MR) is 136 cm³/mol. The first-order valence-corrected chi connectivity index (χ1v) is 12.4. The van der Waals surface area contributed by atoms with E-state index in [2.05, 4.69) is 9.88 Å². The van der Waals surface area contributed by atoms with Gasteiger partial charge in [-0.15, -0.1) is 0 Å². The van der Waals surface area contributed by atoms with Crippen LogP contribution in [0, 0.1) is 12.7 Å². The Morgan fingerprint density at radius 2 is 1.92 bits per heavy atom. The number of nitrogens with zero attached hydrogens (tertiary/aromatic N) is 5. The van der Waals surface area contributed by atoms with E-state index in [0.29, 0.717) is 40.7 Å². The van der Waals surface area contributed by atoms with Crippen LogP contribution < -0.4 is 4.90 Å². The molecule has 1 atom stereocenters. The minimum Gasteiger partial charge on any atom is -0.465 e. The zero-order valence-corrected chi connectivity index (χ0v) is 20.6. The lowest BCUT2D eigenvalue weighted by Crippen LogP contribution is -2.43. The van der Waals surface area contributed by atoms with E-state index in [0.717, 1.165) is 43.7 Å². The molecule has 0 aliphatic carbocycles. The first-order chi connectivity index (χ1) is 17.3. The number of rotatable bonds is 5. The summed E-state index contributed by atoms with van der Waals surface area (Å²) in [7, 11) is 1.68. The number of hydrogen-bond donors (Lipinski definition) is 1. The van der Waals surface area contributed by atoms with Crippen LogP contribution in [0.4, 0.5) is 15.0 Å². The van der Waals surface area contributed by atoms with E-state index in [1.165, 1.54) is 17.0 Å². The van der Waals surface area contributed by atoms with Gasteiger partial charge in [0.15, 0.2) is 0 Å². The van der Waals surface area contributed by atoms with Crippen molar-refractivity contribution in [1.82, 2.24) is 19.8 Å². The van der Waals surface area contributed by atoms with Crippen LogP contribution in [0.5, 0.6) is 0 Å². The highest BCUT2D eigenvalue weighted by atomic mass is 19.1. The van der Waals surface area contributed by atoms with E-state index in [1.807, 2.05) is 18.2 Å². The number of halogens is 1. The summed E-state index contributed by atoms with van der Waals surface area (Å²) in [6.45, 7) is 4.35. The molecule has 8 nitrogen and oxygen atoms in total. The third kappa shape index (κ3) is 4.57. The van der Waals surface area contributed by atoms with Crippen LogP contribution in [0.15, 0.2) is 36.5 Å². The number of likely N-dealkylation sites (tertiary alicyclic amines) is 1. The molecule has 5 rings (SSSR count). The van der Waals surface area contributed by atoms with Crippen molar-refractivity contribution in [3.63, 3.8) is 0 Å². The number of carboxylic acid groups (broad SMARTS) is 1. The Labute approximate surface area is 209 Å². The highest BCUT2D eigenvalue weighted by molar-refractivity contribution is 6.10. The molecule has 2 aliphatic rings. The first-order valence-electron chi connectivity index (χ1n) is 12.4. The summed E-state index contributed by atoms with van der Waals surface area (Å²) < 4.78 is 14.4. The fraction of sp³-hybridized carbons (Fsp3) is 0.407. The van der Waals surface area contributed by atoms with Crippen LogP contribution in [0.2, 0.25) is 0 Å². The maximum absolute atomic E-state index is 14.4. The number of amides is 2. The van der Waals surface area contributed by atoms with Crippen LogP contribution in [0.25, 0.3) is 22.2 Å². The molecule has 2 aliphatic heterocycles. The molecule has 2 fully saturated rings. The van der Waals surface area contributed by atoms with E-state index in [-0.39, 0.29) is 18.5 Å². The minimum atomic E-state index is -0.972. The Balaban J connectivity index is 1.61. The van der Waals surface area contributed by atoms with Gasteiger partial charge in [-0.05, 0) is 68.0 Å². The maximum atomic E-state index is 14.4. The topological polar surface area (TPSA) is 89.9 Å². The standard InChI is InChI=1S/C27H30FN5O3/c1-17-12-18(14-19(28)13-17)21-15-29-22-7-8-23(32-9-3-4-10-32)30-25(22)24(21)26(34)31(2)16-20-6-5-11-33(20)27(35)36/h7-8,12-15,20H,3-6,9-11,16H2,1-2H3,(H,35,36)/t20-/m0/s1. The van der Waals surface area contributed by atoms with E-state index in [9.17, 15) is 19.1 Å². The Hall–Kier alpha value is -3.75. The molecule has 0 unspecified atom stereocenters. The molecule has 0 radical (unpaired) electrons. The van der Waals surface area contributed by atoms with Gasteiger partial charge in [0.05, 0.1) is 17.1 Å². The van der Waals surface area contributed by atoms with Crippen molar-refractivity contribution in [3.8, 4) is 11.1 Å². The van der Waals surface area contributed by atoms with Crippen molar-refractivity contribution in [2.45, 2.75) is 38.6 Å². The Morgan fingerprint density at radius 3 is 2.64 bits per heavy atom. The fourth-order valence-corrected chi connectivity index (χ4v) is 5.37. The molecule has 9 heteroatoms. The number of hydrogen-bond acceptors (Lipinski definition) is 5. The van der Waals surface area contributed by atoms with E-state index in [1.54, 1.807) is 25.1 Å². The van der Waals surface area contributed by atoms with Crippen LogP contribution in [0.1, 0.15) is 41.6 Å². The fourth-order valence-electron chi connectivity index (χ4n) is 5.37. The van der Waals surface area contributed by atoms with Gasteiger partial charge in [-0.25, -0.2) is 14.2 Å². The second-order valence-corrected chi connectivity index (χ2v) is 9.75. The van der Waals surface area contributed by atoms with Gasteiger partial charge in [0.1, 0.15) is 17.2 Å². The van der Waals surface area contributed by atoms with Crippen LogP contribution in [-0.4, -0.2) is 76.1 Å². The average Bonchev–Trinajstić information content (AvgIpc) is 3.54. The predicted octanol–water partition coefficient (Wildman–Crippen LogP) is 4.56. The van der Waals surface area contributed by atoms with Gasteiger partial charge in [0.25, 0.3) is 5.91 Å². The second-order valence-electron chi connectivity index (χ2n) is 9.75. The van der Waals surface area contributed by atoms with Crippen molar-refractivity contribution < 1.29 is 19.1 Å². The van der Waals surface area contributed by atoms with Crippen LogP contribution in [-0.2, 0) is 0 Å². The molecule has 4 heterocycles. The monoisotopic (exact) mass is 491 g/mol. The lowest BCUT2D eigenvalue weighted by Gasteiger charge is -2.27. The third-order valence-corrected chi connectivity index (χ3v) is 7.15. The van der Waals surface area contributed by atoms with Gasteiger partial charge in [-0.1, -0.05) is 6.07 Å². The zero-order chi connectivity index (χ0) is 25.4. The number of aromatic nitrogens is 2. The van der Waals surface area contributed by atoms with Crippen molar-refractivity contribution in [2.24, 2.45) is 0 Å². The number of aryl methyl sites for hydroxylation is 1. The van der Waals surface area contributed by atoms with Crippen LogP contribution >= 0.6 is 0 Å². The van der Waals surface area contributed by atoms with Crippen molar-refractivity contribution in [3.05, 3.63) is 53.5 Å². The second kappa shape index (κ2) is 9.72. The molecule has 2 amide bonds. The van der Waals surface area contributed by atoms with E-state index < -0.39 is 11.9 Å². The molecule has 1 N–H and O–H groups in total. The number of anilines is 1. The largest absolute Gasteiger partial charge is 0.465 e. The molecule has 0 bridgehead atoms. The molecule has 0 spiro atoms. The normalized spacial score (nSPS) is 17.7. The highest BCUT2D eigenvalue weighted by Gasteiger charge is 2.32. The molecule has 188 valence electrons. The quantitative estimate of drug-likeness (QED) is 0.563. The number of likely N-dealkylation sites (N-methyl/N-ethyl adjacent to an activating group) is 1. The summed E-state index contributed by atoms with van der Waals surface area (Å²) in [6, 6.07) is 8.20. The molecule has 0 saturated carbocycles. The van der Waals surface area contributed by atoms with Gasteiger partial charge in [0, 0.05) is 45.0 Å². The van der Waals surface area contributed by atoms with Gasteiger partial charge in [-0.2, -0.15) is 0 Å². The molecule has 36 heavy (non-hydrogen) atoms. The van der Waals surface area contributed by atoms with Gasteiger partial charge >= 0.3 is 6.09 Å². The summed E-state index contributed by atoms with van der Waals surface area (Å²) in [5, 5.41) is 9.54. The molecular weight excluding hydrogens is 461 g/mol. The van der Waals surface area contributed by atoms with E-state index in [4.69, 9.17) is 4.98 Å². The maximum Gasteiger partial charge on any atom is 0.407 e. The number of benzene rings is 1. The first kappa shape index (κ1) is 24.0. The van der Waals surface area contributed by atoms with Crippen LogP contribution in [0.3, 0.4) is 0 Å². The summed E-state index contributed by atoms with van der Waals surface area (Å²) >= 11 is 0. The van der Waals surface area contributed by atoms with E-state index >= 15 is 0 Å². The van der Waals surface area contributed by atoms with Crippen molar-refractivity contribution in [1.29, 1.82) is 0 Å². The SMILES string of the molecule is Cc1cc(F)cc(-c2cnc3ccc(N4CCCC4)nc3c2C(=O)N(C)C[C@@H]2CCCN2C(=O)O)c1. The molecular formula is C27H30FN5O3. The van der Waals surface area contributed by atoms with Crippen molar-refractivity contribution >= 4 is 28.9 Å². The molecule has 3 aromatic rings. The number of carbonyl (C=O) groups excluding carboxylic acids is 1. The Bertz CT molecular complexity index is 1300. The average molecular weight is 492 g/mol. The lowest BCUT2D eigenvalue weighted by molar-refractivity contribution is 0.0746. The third-order valence-electron chi connectivity index (χ3n) is 7.15. The summed E-state index contributed by atoms with van der Waals surface area (Å²) in [5.74, 6) is 0.111. The number of pyridine rings is 2. The molecule has 2 saturated heterocycles.